The third-order valence-corrected chi connectivity index (χ3v) is 2.70. The minimum Gasteiger partial charge on any atom is -0.399 e. The van der Waals surface area contributed by atoms with Crippen LogP contribution in [0.4, 0.5) is 25.8 Å². The standard InChI is InChI=1S/C14H14F2N2/c1-2-9-3-5-11(6-4-9)18-14-12(15)7-10(17)8-13(14)16/h3-8,18H,2,17H2,1H3. The Morgan fingerprint density at radius 1 is 1.06 bits per heavy atom. The molecule has 0 aliphatic carbocycles. The van der Waals surface area contributed by atoms with Crippen molar-refractivity contribution in [2.45, 2.75) is 13.3 Å². The first-order valence-electron chi connectivity index (χ1n) is 5.70. The van der Waals surface area contributed by atoms with E-state index in [-0.39, 0.29) is 11.4 Å². The molecule has 2 rings (SSSR count). The molecule has 0 spiro atoms. The first-order valence-corrected chi connectivity index (χ1v) is 5.70. The van der Waals surface area contributed by atoms with Crippen molar-refractivity contribution in [2.75, 3.05) is 11.1 Å². The summed E-state index contributed by atoms with van der Waals surface area (Å²) in [4.78, 5) is 0. The third kappa shape index (κ3) is 2.59. The summed E-state index contributed by atoms with van der Waals surface area (Å²) >= 11 is 0. The molecule has 0 atom stereocenters. The summed E-state index contributed by atoms with van der Waals surface area (Å²) in [7, 11) is 0. The van der Waals surface area contributed by atoms with Crippen LogP contribution in [0.15, 0.2) is 36.4 Å². The smallest absolute Gasteiger partial charge is 0.151 e. The molecule has 0 aromatic heterocycles. The van der Waals surface area contributed by atoms with Crippen LogP contribution in [0, 0.1) is 11.6 Å². The lowest BCUT2D eigenvalue weighted by molar-refractivity contribution is 0.592. The van der Waals surface area contributed by atoms with Crippen LogP contribution < -0.4 is 11.1 Å². The number of nitrogens with one attached hydrogen (secondary N) is 1. The molecular formula is C14H14F2N2. The molecule has 18 heavy (non-hydrogen) atoms. The van der Waals surface area contributed by atoms with Gasteiger partial charge >= 0.3 is 0 Å². The zero-order valence-electron chi connectivity index (χ0n) is 10.0. The summed E-state index contributed by atoms with van der Waals surface area (Å²) in [6, 6.07) is 9.57. The van der Waals surface area contributed by atoms with Crippen molar-refractivity contribution in [3.8, 4) is 0 Å². The minimum absolute atomic E-state index is 0.0666. The maximum absolute atomic E-state index is 13.6. The van der Waals surface area contributed by atoms with Crippen molar-refractivity contribution in [3.05, 3.63) is 53.6 Å². The average Bonchev–Trinajstić information content (AvgIpc) is 2.34. The molecule has 94 valence electrons. The number of nitrogens with two attached hydrogens (primary N) is 1. The Morgan fingerprint density at radius 2 is 1.61 bits per heavy atom. The summed E-state index contributed by atoms with van der Waals surface area (Å²) in [5.41, 5.74) is 7.03. The van der Waals surface area contributed by atoms with Gasteiger partial charge in [0.15, 0.2) is 11.6 Å². The van der Waals surface area contributed by atoms with E-state index in [0.29, 0.717) is 5.69 Å². The van der Waals surface area contributed by atoms with Gasteiger partial charge < -0.3 is 11.1 Å². The van der Waals surface area contributed by atoms with Crippen molar-refractivity contribution in [2.24, 2.45) is 0 Å². The van der Waals surface area contributed by atoms with E-state index < -0.39 is 11.6 Å². The van der Waals surface area contributed by atoms with E-state index in [1.54, 1.807) is 12.1 Å². The maximum Gasteiger partial charge on any atom is 0.151 e. The Kier molecular flexibility index (Phi) is 3.46. The van der Waals surface area contributed by atoms with Crippen molar-refractivity contribution >= 4 is 17.1 Å². The Balaban J connectivity index is 2.28. The fourth-order valence-corrected chi connectivity index (χ4v) is 1.68. The van der Waals surface area contributed by atoms with Crippen LogP contribution in [-0.2, 0) is 6.42 Å². The zero-order chi connectivity index (χ0) is 13.1. The lowest BCUT2D eigenvalue weighted by Crippen LogP contribution is -1.99. The fraction of sp³-hybridized carbons (Fsp3) is 0.143. The number of benzene rings is 2. The molecule has 0 bridgehead atoms. The summed E-state index contributed by atoms with van der Waals surface area (Å²) in [5, 5.41) is 2.71. The van der Waals surface area contributed by atoms with Gasteiger partial charge in [-0.15, -0.1) is 0 Å². The van der Waals surface area contributed by atoms with Gasteiger partial charge in [-0.3, -0.25) is 0 Å². The molecule has 3 N–H and O–H groups in total. The number of anilines is 3. The summed E-state index contributed by atoms with van der Waals surface area (Å²) in [6.07, 6.45) is 0.922. The van der Waals surface area contributed by atoms with Gasteiger partial charge in [0.05, 0.1) is 0 Å². The van der Waals surface area contributed by atoms with Crippen LogP contribution in [0.3, 0.4) is 0 Å². The number of nitrogen functional groups attached to an aromatic ring is 1. The fourth-order valence-electron chi connectivity index (χ4n) is 1.68. The largest absolute Gasteiger partial charge is 0.399 e. The predicted octanol–water partition coefficient (Wildman–Crippen LogP) is 3.85. The summed E-state index contributed by atoms with van der Waals surface area (Å²) < 4.78 is 27.1. The number of hydrogen-bond acceptors (Lipinski definition) is 2. The second kappa shape index (κ2) is 5.04. The number of halogens is 2. The second-order valence-corrected chi connectivity index (χ2v) is 4.04. The van der Waals surface area contributed by atoms with Gasteiger partial charge in [0, 0.05) is 11.4 Å². The topological polar surface area (TPSA) is 38.0 Å². The third-order valence-electron chi connectivity index (χ3n) is 2.70. The number of aryl methyl sites for hydroxylation is 1. The van der Waals surface area contributed by atoms with Crippen LogP contribution in [0.1, 0.15) is 12.5 Å². The molecule has 0 saturated heterocycles. The van der Waals surface area contributed by atoms with E-state index in [2.05, 4.69) is 5.32 Å². The van der Waals surface area contributed by atoms with Crippen molar-refractivity contribution in [3.63, 3.8) is 0 Å². The van der Waals surface area contributed by atoms with Gasteiger partial charge in [-0.05, 0) is 36.2 Å². The van der Waals surface area contributed by atoms with Gasteiger partial charge in [0.1, 0.15) is 5.69 Å². The lowest BCUT2D eigenvalue weighted by Gasteiger charge is -2.10. The van der Waals surface area contributed by atoms with Gasteiger partial charge in [-0.25, -0.2) is 8.78 Å². The molecule has 0 saturated carbocycles. The van der Waals surface area contributed by atoms with E-state index in [1.165, 1.54) is 5.56 Å². The van der Waals surface area contributed by atoms with Crippen LogP contribution in [0.25, 0.3) is 0 Å². The Bertz CT molecular complexity index is 527. The number of rotatable bonds is 3. The quantitative estimate of drug-likeness (QED) is 0.809. The molecule has 4 heteroatoms. The summed E-state index contributed by atoms with van der Waals surface area (Å²) in [6.45, 7) is 2.04. The normalized spacial score (nSPS) is 10.4. The molecule has 0 heterocycles. The molecule has 0 unspecified atom stereocenters. The Hall–Kier alpha value is -2.10. The van der Waals surface area contributed by atoms with E-state index in [9.17, 15) is 8.78 Å². The molecule has 0 fully saturated rings. The highest BCUT2D eigenvalue weighted by Gasteiger charge is 2.10. The highest BCUT2D eigenvalue weighted by atomic mass is 19.1. The van der Waals surface area contributed by atoms with Crippen molar-refractivity contribution < 1.29 is 8.78 Å². The van der Waals surface area contributed by atoms with Crippen LogP contribution >= 0.6 is 0 Å². The molecule has 0 aliphatic rings. The number of hydrogen-bond donors (Lipinski definition) is 2. The maximum atomic E-state index is 13.6. The van der Waals surface area contributed by atoms with E-state index in [1.807, 2.05) is 19.1 Å². The van der Waals surface area contributed by atoms with Crippen LogP contribution in [0.2, 0.25) is 0 Å². The van der Waals surface area contributed by atoms with Gasteiger partial charge in [-0.1, -0.05) is 19.1 Å². The first kappa shape index (κ1) is 12.4. The molecule has 0 amide bonds. The van der Waals surface area contributed by atoms with Crippen LogP contribution in [-0.4, -0.2) is 0 Å². The zero-order valence-corrected chi connectivity index (χ0v) is 10.0. The Morgan fingerprint density at radius 3 is 2.11 bits per heavy atom. The summed E-state index contributed by atoms with van der Waals surface area (Å²) in [5.74, 6) is -1.40. The van der Waals surface area contributed by atoms with Crippen molar-refractivity contribution in [1.29, 1.82) is 0 Å². The van der Waals surface area contributed by atoms with Gasteiger partial charge in [0.25, 0.3) is 0 Å². The molecule has 2 aromatic rings. The second-order valence-electron chi connectivity index (χ2n) is 4.04. The van der Waals surface area contributed by atoms with Crippen LogP contribution in [0.5, 0.6) is 0 Å². The molecule has 0 aliphatic heterocycles. The lowest BCUT2D eigenvalue weighted by atomic mass is 10.1. The first-order chi connectivity index (χ1) is 8.60. The SMILES string of the molecule is CCc1ccc(Nc2c(F)cc(N)cc2F)cc1. The molecule has 2 nitrogen and oxygen atoms in total. The van der Waals surface area contributed by atoms with E-state index in [4.69, 9.17) is 5.73 Å². The predicted molar refractivity (Wildman–Crippen MR) is 69.9 cm³/mol. The van der Waals surface area contributed by atoms with E-state index >= 15 is 0 Å². The molecular weight excluding hydrogens is 234 g/mol. The minimum atomic E-state index is -0.702. The Labute approximate surface area is 104 Å². The monoisotopic (exact) mass is 248 g/mol. The van der Waals surface area contributed by atoms with E-state index in [0.717, 1.165) is 18.6 Å². The van der Waals surface area contributed by atoms with Crippen molar-refractivity contribution in [1.82, 2.24) is 0 Å². The van der Waals surface area contributed by atoms with Gasteiger partial charge in [0.2, 0.25) is 0 Å². The van der Waals surface area contributed by atoms with Gasteiger partial charge in [-0.2, -0.15) is 0 Å². The highest BCUT2D eigenvalue weighted by molar-refractivity contribution is 5.63. The average molecular weight is 248 g/mol. The molecule has 0 radical (unpaired) electrons. The highest BCUT2D eigenvalue weighted by Crippen LogP contribution is 2.25. The molecule has 2 aromatic carbocycles.